The summed E-state index contributed by atoms with van der Waals surface area (Å²) in [4.78, 5) is 49.0. The Balaban J connectivity index is 5.17. The monoisotopic (exact) mass is 452 g/mol. The normalized spacial score (nSPS) is 12.9. The number of nitrogens with two attached hydrogens (primary N) is 1. The van der Waals surface area contributed by atoms with E-state index in [4.69, 9.17) is 15.2 Å². The Kier molecular flexibility index (Phi) is 16.2. The van der Waals surface area contributed by atoms with E-state index >= 15 is 0 Å². The fourth-order valence-corrected chi connectivity index (χ4v) is 2.70. The molecule has 1 atom stereocenters. The molecule has 0 radical (unpaired) electrons. The lowest BCUT2D eigenvalue weighted by atomic mass is 10.0. The minimum atomic E-state index is -0.808. The molecule has 0 rings (SSSR count). The zero-order valence-electron chi connectivity index (χ0n) is 19.2. The van der Waals surface area contributed by atoms with E-state index in [1.807, 2.05) is 0 Å². The van der Waals surface area contributed by atoms with E-state index in [0.29, 0.717) is 57.8 Å². The molecule has 1 unspecified atom stereocenters. The molecular formula is C22H36N4O6. The van der Waals surface area contributed by atoms with Crippen LogP contribution in [0.25, 0.3) is 0 Å². The second kappa shape index (κ2) is 17.8. The number of likely N-dealkylation sites (N-methyl/N-ethyl adjacent to an activating group) is 1. The van der Waals surface area contributed by atoms with Crippen molar-refractivity contribution in [3.8, 4) is 0 Å². The highest BCUT2D eigenvalue weighted by Crippen LogP contribution is 2.17. The van der Waals surface area contributed by atoms with E-state index in [0.717, 1.165) is 0 Å². The Morgan fingerprint density at radius 1 is 1.16 bits per heavy atom. The van der Waals surface area contributed by atoms with Gasteiger partial charge in [0.1, 0.15) is 6.29 Å². The molecule has 4 N–H and O–H groups in total. The second-order valence-corrected chi connectivity index (χ2v) is 6.62. The zero-order valence-corrected chi connectivity index (χ0v) is 19.2. The van der Waals surface area contributed by atoms with Gasteiger partial charge in [0.25, 0.3) is 5.91 Å². The van der Waals surface area contributed by atoms with E-state index in [2.05, 4.69) is 17.2 Å². The topological polar surface area (TPSA) is 140 Å². The zero-order chi connectivity index (χ0) is 24.4. The molecular weight excluding hydrogens is 416 g/mol. The molecule has 180 valence electrons. The van der Waals surface area contributed by atoms with Crippen molar-refractivity contribution in [2.24, 2.45) is 5.73 Å². The molecule has 0 aromatic carbocycles. The number of carbonyl (C=O) groups is 4. The van der Waals surface area contributed by atoms with Gasteiger partial charge in [-0.1, -0.05) is 12.7 Å². The van der Waals surface area contributed by atoms with Crippen molar-refractivity contribution in [2.45, 2.75) is 25.8 Å². The molecule has 0 saturated heterocycles. The van der Waals surface area contributed by atoms with E-state index in [9.17, 15) is 19.2 Å². The lowest BCUT2D eigenvalue weighted by Gasteiger charge is -2.25. The van der Waals surface area contributed by atoms with Crippen molar-refractivity contribution >= 4 is 24.4 Å². The average molecular weight is 453 g/mol. The molecule has 10 heteroatoms. The summed E-state index contributed by atoms with van der Waals surface area (Å²) in [6, 6.07) is -0.808. The molecule has 0 aliphatic rings. The van der Waals surface area contributed by atoms with Crippen LogP contribution in [0.2, 0.25) is 0 Å². The van der Waals surface area contributed by atoms with Gasteiger partial charge in [0, 0.05) is 50.4 Å². The first kappa shape index (κ1) is 29.2. The van der Waals surface area contributed by atoms with Crippen molar-refractivity contribution in [2.75, 3.05) is 53.6 Å². The first-order valence-electron chi connectivity index (χ1n) is 10.4. The largest absolute Gasteiger partial charge is 0.382 e. The number of hydrogen-bond acceptors (Lipinski definition) is 8. The van der Waals surface area contributed by atoms with Gasteiger partial charge in [0.15, 0.2) is 6.29 Å². The number of nitrogens with zero attached hydrogens (tertiary/aromatic N) is 1. The van der Waals surface area contributed by atoms with Gasteiger partial charge in [0.05, 0.1) is 32.5 Å². The van der Waals surface area contributed by atoms with Gasteiger partial charge in [-0.3, -0.25) is 14.4 Å². The summed E-state index contributed by atoms with van der Waals surface area (Å²) in [7, 11) is 2.95. The van der Waals surface area contributed by atoms with E-state index in [1.165, 1.54) is 31.1 Å². The highest BCUT2D eigenvalue weighted by Gasteiger charge is 2.25. The molecule has 0 aromatic heterocycles. The Morgan fingerprint density at radius 2 is 1.81 bits per heavy atom. The number of hydrogen-bond donors (Lipinski definition) is 3. The third kappa shape index (κ3) is 10.5. The van der Waals surface area contributed by atoms with Crippen molar-refractivity contribution < 1.29 is 28.7 Å². The number of allylic oxidation sites excluding steroid dienone is 2. The Morgan fingerprint density at radius 3 is 2.31 bits per heavy atom. The minimum Gasteiger partial charge on any atom is -0.382 e. The second-order valence-electron chi connectivity index (χ2n) is 6.62. The van der Waals surface area contributed by atoms with Gasteiger partial charge in [-0.15, -0.1) is 0 Å². The maximum absolute atomic E-state index is 13.0. The summed E-state index contributed by atoms with van der Waals surface area (Å²) in [6.45, 7) is 7.81. The quantitative estimate of drug-likeness (QED) is 0.111. The lowest BCUT2D eigenvalue weighted by Crippen LogP contribution is -2.40. The third-order valence-corrected chi connectivity index (χ3v) is 4.54. The summed E-state index contributed by atoms with van der Waals surface area (Å²) >= 11 is 0. The number of aldehydes is 2. The maximum atomic E-state index is 13.0. The van der Waals surface area contributed by atoms with Crippen molar-refractivity contribution in [1.82, 2.24) is 15.5 Å². The van der Waals surface area contributed by atoms with Gasteiger partial charge < -0.3 is 35.5 Å². The van der Waals surface area contributed by atoms with E-state index < -0.39 is 11.9 Å². The minimum absolute atomic E-state index is 0.0931. The van der Waals surface area contributed by atoms with Gasteiger partial charge in [-0.05, 0) is 19.4 Å². The van der Waals surface area contributed by atoms with Crippen LogP contribution in [-0.2, 0) is 28.7 Å². The fraction of sp³-hybridized carbons (Fsp3) is 0.545. The molecule has 0 aliphatic carbocycles. The molecule has 0 aromatic rings. The molecule has 0 heterocycles. The maximum Gasteiger partial charge on any atom is 0.254 e. The van der Waals surface area contributed by atoms with Crippen LogP contribution >= 0.6 is 0 Å². The summed E-state index contributed by atoms with van der Waals surface area (Å²) in [5.74, 6) is -0.748. The SMILES string of the molecule is C=C/C(NCCOCCOCCN)=C(C=O)\C(=C/C)C(=O)N(C)C(C=O)CCC(=O)NC. The van der Waals surface area contributed by atoms with Crippen LogP contribution < -0.4 is 16.4 Å². The first-order chi connectivity index (χ1) is 15.4. The molecule has 0 bridgehead atoms. The number of amides is 2. The third-order valence-electron chi connectivity index (χ3n) is 4.54. The summed E-state index contributed by atoms with van der Waals surface area (Å²) in [5.41, 5.74) is 5.93. The lowest BCUT2D eigenvalue weighted by molar-refractivity contribution is -0.132. The van der Waals surface area contributed by atoms with Crippen LogP contribution in [0.5, 0.6) is 0 Å². The predicted octanol–water partition coefficient (Wildman–Crippen LogP) is -0.295. The smallest absolute Gasteiger partial charge is 0.254 e. The number of carbonyl (C=O) groups excluding carboxylic acids is 4. The van der Waals surface area contributed by atoms with Crippen molar-refractivity contribution in [3.63, 3.8) is 0 Å². The fourth-order valence-electron chi connectivity index (χ4n) is 2.70. The van der Waals surface area contributed by atoms with Crippen molar-refractivity contribution in [1.29, 1.82) is 0 Å². The molecule has 0 spiro atoms. The van der Waals surface area contributed by atoms with Crippen LogP contribution in [0.15, 0.2) is 35.6 Å². The van der Waals surface area contributed by atoms with Gasteiger partial charge in [-0.25, -0.2) is 0 Å². The van der Waals surface area contributed by atoms with Crippen LogP contribution in [0.3, 0.4) is 0 Å². The predicted molar refractivity (Wildman–Crippen MR) is 122 cm³/mol. The van der Waals surface area contributed by atoms with Crippen LogP contribution in [-0.4, -0.2) is 88.9 Å². The molecule has 32 heavy (non-hydrogen) atoms. The summed E-state index contributed by atoms with van der Waals surface area (Å²) in [5, 5.41) is 5.50. The average Bonchev–Trinajstić information content (AvgIpc) is 2.81. The molecule has 10 nitrogen and oxygen atoms in total. The summed E-state index contributed by atoms with van der Waals surface area (Å²) < 4.78 is 10.6. The van der Waals surface area contributed by atoms with Gasteiger partial charge in [-0.2, -0.15) is 0 Å². The highest BCUT2D eigenvalue weighted by molar-refractivity contribution is 6.06. The molecule has 2 amide bonds. The first-order valence-corrected chi connectivity index (χ1v) is 10.4. The van der Waals surface area contributed by atoms with Gasteiger partial charge in [0.2, 0.25) is 5.91 Å². The van der Waals surface area contributed by atoms with E-state index in [-0.39, 0.29) is 29.9 Å². The standard InChI is InChI=1S/C22H36N4O6/c1-5-18(22(30)26(4)17(15-27)7-8-21(29)24-3)19(16-28)20(6-2)25-10-12-32-14-13-31-11-9-23/h5-6,15-17,25H,2,7-14,23H2,1,3-4H3,(H,24,29)/b18-5+,20-19+. The number of rotatable bonds is 18. The summed E-state index contributed by atoms with van der Waals surface area (Å²) in [6.07, 6.45) is 4.37. The Labute approximate surface area is 189 Å². The molecule has 0 aliphatic heterocycles. The van der Waals surface area contributed by atoms with Gasteiger partial charge >= 0.3 is 0 Å². The molecule has 0 fully saturated rings. The van der Waals surface area contributed by atoms with E-state index in [1.54, 1.807) is 6.92 Å². The number of nitrogens with one attached hydrogen (secondary N) is 2. The van der Waals surface area contributed by atoms with Crippen LogP contribution in [0.4, 0.5) is 0 Å². The highest BCUT2D eigenvalue weighted by atomic mass is 16.5. The van der Waals surface area contributed by atoms with Crippen molar-refractivity contribution in [3.05, 3.63) is 35.6 Å². The Bertz CT molecular complexity index is 690. The number of ether oxygens (including phenoxy) is 2. The Hall–Kier alpha value is -2.82. The molecule has 0 saturated carbocycles. The van der Waals surface area contributed by atoms with Crippen LogP contribution in [0.1, 0.15) is 19.8 Å². The van der Waals surface area contributed by atoms with Crippen LogP contribution in [0, 0.1) is 0 Å².